The molecule has 0 fully saturated rings. The molecular formula is C30H40N2O6S. The van der Waals surface area contributed by atoms with Crippen molar-refractivity contribution in [2.75, 3.05) is 13.9 Å². The zero-order chi connectivity index (χ0) is 29.7. The van der Waals surface area contributed by atoms with Crippen LogP contribution in [0.25, 0.3) is 0 Å². The fourth-order valence-electron chi connectivity index (χ4n) is 3.89. The smallest absolute Gasteiger partial charge is 0.439 e. The molecule has 0 atom stereocenters. The van der Waals surface area contributed by atoms with E-state index in [-0.39, 0.29) is 10.6 Å². The first-order valence-corrected chi connectivity index (χ1v) is 13.2. The van der Waals surface area contributed by atoms with Gasteiger partial charge in [-0.2, -0.15) is 0 Å². The summed E-state index contributed by atoms with van der Waals surface area (Å²) in [7, 11) is 1.49. The summed E-state index contributed by atoms with van der Waals surface area (Å²) in [6.45, 7) is 15.9. The Morgan fingerprint density at radius 3 is 2.00 bits per heavy atom. The van der Waals surface area contributed by atoms with Gasteiger partial charge in [-0.15, -0.1) is 5.01 Å². The van der Waals surface area contributed by atoms with Crippen molar-refractivity contribution in [1.82, 2.24) is 10.0 Å². The number of hydrazine groups is 1. The molecule has 2 aromatic carbocycles. The monoisotopic (exact) mass is 556 g/mol. The molecule has 39 heavy (non-hydrogen) atoms. The fourth-order valence-corrected chi connectivity index (χ4v) is 4.08. The Bertz CT molecular complexity index is 1230. The third-order valence-electron chi connectivity index (χ3n) is 6.41. The van der Waals surface area contributed by atoms with E-state index in [9.17, 15) is 14.4 Å². The molecule has 2 aromatic rings. The van der Waals surface area contributed by atoms with Gasteiger partial charge in [-0.05, 0) is 84.4 Å². The predicted octanol–water partition coefficient (Wildman–Crippen LogP) is 6.79. The van der Waals surface area contributed by atoms with Gasteiger partial charge < -0.3 is 14.2 Å². The van der Waals surface area contributed by atoms with E-state index in [0.29, 0.717) is 16.9 Å². The van der Waals surface area contributed by atoms with Crippen LogP contribution in [0, 0.1) is 26.2 Å². The van der Waals surface area contributed by atoms with Crippen LogP contribution in [0.2, 0.25) is 0 Å². The first-order chi connectivity index (χ1) is 18.0. The maximum Gasteiger partial charge on any atom is 0.439 e. The molecule has 0 unspecified atom stereocenters. The molecule has 0 bridgehead atoms. The number of thiocarbonyl (C=S) groups is 1. The van der Waals surface area contributed by atoms with E-state index in [4.69, 9.17) is 26.4 Å². The molecule has 2 rings (SSSR count). The number of hydrogen-bond acceptors (Lipinski definition) is 7. The zero-order valence-corrected chi connectivity index (χ0v) is 25.4. The van der Waals surface area contributed by atoms with E-state index in [1.54, 1.807) is 58.0 Å². The Labute approximate surface area is 237 Å². The average Bonchev–Trinajstić information content (AvgIpc) is 2.85. The molecule has 0 spiro atoms. The molecular weight excluding hydrogens is 516 g/mol. The fraction of sp³-hybridized carbons (Fsp3) is 0.467. The number of benzene rings is 2. The molecule has 0 N–H and O–H groups in total. The summed E-state index contributed by atoms with van der Waals surface area (Å²) in [4.78, 5) is 41.6. The second-order valence-electron chi connectivity index (χ2n) is 11.1. The third kappa shape index (κ3) is 7.56. The number of carbonyl (C=O) groups excluding carboxylic acids is 3. The number of amides is 3. The van der Waals surface area contributed by atoms with Gasteiger partial charge in [-0.1, -0.05) is 44.0 Å². The molecule has 0 saturated carbocycles. The van der Waals surface area contributed by atoms with Crippen LogP contribution in [-0.2, 0) is 9.47 Å². The molecule has 0 radical (unpaired) electrons. The Morgan fingerprint density at radius 2 is 1.49 bits per heavy atom. The summed E-state index contributed by atoms with van der Waals surface area (Å²) in [5.41, 5.74) is 1.35. The van der Waals surface area contributed by atoms with E-state index >= 15 is 0 Å². The van der Waals surface area contributed by atoms with E-state index < -0.39 is 35.7 Å². The summed E-state index contributed by atoms with van der Waals surface area (Å²) in [5.74, 6) is -0.822. The van der Waals surface area contributed by atoms with Gasteiger partial charge in [0.15, 0.2) is 5.05 Å². The minimum Gasteiger partial charge on any atom is -0.496 e. The molecule has 0 saturated heterocycles. The van der Waals surface area contributed by atoms with Gasteiger partial charge in [0.1, 0.15) is 5.75 Å². The van der Waals surface area contributed by atoms with Gasteiger partial charge in [0.05, 0.1) is 12.6 Å². The van der Waals surface area contributed by atoms with Crippen molar-refractivity contribution in [2.45, 2.75) is 74.3 Å². The van der Waals surface area contributed by atoms with Crippen LogP contribution in [0.3, 0.4) is 0 Å². The normalized spacial score (nSPS) is 11.4. The molecule has 3 amide bonds. The lowest BCUT2D eigenvalue weighted by Gasteiger charge is -2.41. The highest BCUT2D eigenvalue weighted by Crippen LogP contribution is 2.28. The number of hydrogen-bond donors (Lipinski definition) is 0. The number of methoxy groups -OCH3 is 1. The number of rotatable bonds is 7. The van der Waals surface area contributed by atoms with Gasteiger partial charge in [0.2, 0.25) is 6.79 Å². The Hall–Kier alpha value is -3.46. The number of ether oxygens (including phenoxy) is 3. The Kier molecular flexibility index (Phi) is 10.3. The highest BCUT2D eigenvalue weighted by atomic mass is 32.1. The average molecular weight is 557 g/mol. The van der Waals surface area contributed by atoms with Crippen LogP contribution in [0.15, 0.2) is 36.4 Å². The lowest BCUT2D eigenvalue weighted by atomic mass is 9.91. The van der Waals surface area contributed by atoms with Gasteiger partial charge >= 0.3 is 6.09 Å². The number of aryl methyl sites for hydroxylation is 2. The van der Waals surface area contributed by atoms with Crippen molar-refractivity contribution in [3.05, 3.63) is 64.2 Å². The van der Waals surface area contributed by atoms with Gasteiger partial charge in [0, 0.05) is 22.1 Å². The van der Waals surface area contributed by atoms with Crippen molar-refractivity contribution in [2.24, 2.45) is 5.41 Å². The summed E-state index contributed by atoms with van der Waals surface area (Å²) in [6, 6.07) is 10.3. The second-order valence-corrected chi connectivity index (χ2v) is 11.5. The maximum absolute atomic E-state index is 14.0. The lowest BCUT2D eigenvalue weighted by Crippen LogP contribution is -2.60. The predicted molar refractivity (Wildman–Crippen MR) is 155 cm³/mol. The van der Waals surface area contributed by atoms with Gasteiger partial charge in [-0.25, -0.2) is 9.80 Å². The largest absolute Gasteiger partial charge is 0.496 e. The summed E-state index contributed by atoms with van der Waals surface area (Å²) >= 11 is 5.35. The summed E-state index contributed by atoms with van der Waals surface area (Å²) in [6.07, 6.45) is -0.353. The minimum absolute atomic E-state index is 0.178. The van der Waals surface area contributed by atoms with E-state index in [2.05, 4.69) is 0 Å². The molecule has 0 aliphatic carbocycles. The molecule has 9 heteroatoms. The molecule has 0 aliphatic heterocycles. The quantitative estimate of drug-likeness (QED) is 0.211. The standard InChI is InChI=1S/C30H40N2O6S/c1-11-30(8,9)27(39)37-18-38-28(35)31(26(34)23-13-12-14-24(36-10)21(23)4)32(29(5,6)7)25(33)22-16-19(2)15-20(3)17-22/h12-17H,11,18H2,1-10H3. The van der Waals surface area contributed by atoms with Crippen molar-refractivity contribution in [3.8, 4) is 5.75 Å². The Morgan fingerprint density at radius 1 is 0.897 bits per heavy atom. The van der Waals surface area contributed by atoms with Crippen LogP contribution >= 0.6 is 12.2 Å². The SMILES string of the molecule is CCC(C)(C)C(=S)OCOC(=O)N(C(=O)c1cccc(OC)c1C)N(C(=O)c1cc(C)cc(C)c1)C(C)(C)C. The third-order valence-corrected chi connectivity index (χ3v) is 7.08. The number of imide groups is 1. The first-order valence-electron chi connectivity index (χ1n) is 12.8. The first kappa shape index (κ1) is 31.8. The molecule has 0 aliphatic rings. The summed E-state index contributed by atoms with van der Waals surface area (Å²) < 4.78 is 16.3. The van der Waals surface area contributed by atoms with Crippen molar-refractivity contribution in [3.63, 3.8) is 0 Å². The maximum atomic E-state index is 14.0. The van der Waals surface area contributed by atoms with Crippen LogP contribution in [0.1, 0.15) is 85.4 Å². The van der Waals surface area contributed by atoms with Gasteiger partial charge in [-0.3, -0.25) is 9.59 Å². The van der Waals surface area contributed by atoms with Gasteiger partial charge in [0.25, 0.3) is 11.8 Å². The molecule has 8 nitrogen and oxygen atoms in total. The minimum atomic E-state index is -1.08. The second kappa shape index (κ2) is 12.6. The van der Waals surface area contributed by atoms with E-state index in [0.717, 1.165) is 27.6 Å². The number of nitrogens with zero attached hydrogens (tertiary/aromatic N) is 2. The van der Waals surface area contributed by atoms with Crippen LogP contribution in [0.4, 0.5) is 4.79 Å². The summed E-state index contributed by atoms with van der Waals surface area (Å²) in [5, 5.41) is 2.14. The van der Waals surface area contributed by atoms with E-state index in [1.807, 2.05) is 40.7 Å². The number of carbonyl (C=O) groups is 3. The van der Waals surface area contributed by atoms with Crippen molar-refractivity contribution in [1.29, 1.82) is 0 Å². The molecule has 0 heterocycles. The zero-order valence-electron chi connectivity index (χ0n) is 24.6. The lowest BCUT2D eigenvalue weighted by molar-refractivity contribution is -0.0527. The Balaban J connectivity index is 2.59. The van der Waals surface area contributed by atoms with Crippen molar-refractivity contribution < 1.29 is 28.6 Å². The van der Waals surface area contributed by atoms with Crippen molar-refractivity contribution >= 4 is 35.2 Å². The van der Waals surface area contributed by atoms with Crippen LogP contribution < -0.4 is 4.74 Å². The van der Waals surface area contributed by atoms with Crippen LogP contribution in [0.5, 0.6) is 5.75 Å². The topological polar surface area (TPSA) is 85.4 Å². The van der Waals surface area contributed by atoms with Crippen LogP contribution in [-0.4, -0.2) is 52.4 Å². The highest BCUT2D eigenvalue weighted by Gasteiger charge is 2.41. The van der Waals surface area contributed by atoms with E-state index in [1.165, 1.54) is 7.11 Å². The molecule has 212 valence electrons. The molecule has 0 aromatic heterocycles. The highest BCUT2D eigenvalue weighted by molar-refractivity contribution is 7.80.